The molecule has 0 bridgehead atoms. The third kappa shape index (κ3) is 5.24. The van der Waals surface area contributed by atoms with Crippen molar-refractivity contribution in [3.05, 3.63) is 150 Å². The van der Waals surface area contributed by atoms with Gasteiger partial charge in [-0.1, -0.05) is 123 Å². The van der Waals surface area contributed by atoms with Gasteiger partial charge < -0.3 is 9.38 Å². The minimum absolute atomic E-state index is 0.00499. The normalized spacial score (nSPS) is 14.1. The number of hydrogen-bond acceptors (Lipinski definition) is 4. The Bertz CT molecular complexity index is 4120. The van der Waals surface area contributed by atoms with Crippen LogP contribution in [0.2, 0.25) is 0 Å². The van der Waals surface area contributed by atoms with Crippen LogP contribution in [-0.2, 0) is 16.2 Å². The molecule has 0 amide bonds. The van der Waals surface area contributed by atoms with Gasteiger partial charge in [0.1, 0.15) is 0 Å². The van der Waals surface area contributed by atoms with Crippen LogP contribution in [0, 0.1) is 0 Å². The molecule has 0 atom stereocenters. The third-order valence-corrected chi connectivity index (χ3v) is 18.5. The van der Waals surface area contributed by atoms with Gasteiger partial charge in [-0.3, -0.25) is 0 Å². The van der Waals surface area contributed by atoms with Gasteiger partial charge in [0, 0.05) is 93.9 Å². The summed E-state index contributed by atoms with van der Waals surface area (Å²) in [5, 5.41) is 10.9. The standard InChI is InChI=1S/C60H49BN2S3/c1-58(2,3)32-18-22-35(23-19-32)63-45-31-51-39(38-26-34(60(7,8)9)21-25-49(38)65-51)28-42(45)52-53-37-15-11-13-17-48(37)66-57(53)54-41-27-33(59(4,5)6)20-24-44(41)62-46-29-40-36-14-10-12-16-47(36)64-50(40)30-43(46)61(63)55(52)56(54)62/h10-31H,1-9H3. The van der Waals surface area contributed by atoms with Crippen molar-refractivity contribution >= 4 is 145 Å². The summed E-state index contributed by atoms with van der Waals surface area (Å²) < 4.78 is 10.8. The highest BCUT2D eigenvalue weighted by Crippen LogP contribution is 2.55. The van der Waals surface area contributed by atoms with Gasteiger partial charge in [-0.2, -0.15) is 0 Å². The summed E-state index contributed by atoms with van der Waals surface area (Å²) >= 11 is 5.85. The Kier molecular flexibility index (Phi) is 7.70. The SMILES string of the molecule is CC(C)(C)c1ccc(N2B3c4cc5sc6ccccc6c5cc4-n4c5ccc(C(C)(C)C)cc5c5c6sc7ccccc7c6c(c3c54)-c3cc4c(cc32)sc2ccc(C(C)(C)C)cc24)cc1. The molecule has 0 fully saturated rings. The Morgan fingerprint density at radius 3 is 1.73 bits per heavy atom. The predicted molar refractivity (Wildman–Crippen MR) is 295 cm³/mol. The Balaban J connectivity index is 1.23. The molecule has 2 nitrogen and oxygen atoms in total. The average molecular weight is 905 g/mol. The van der Waals surface area contributed by atoms with Crippen LogP contribution in [0.3, 0.4) is 0 Å². The number of rotatable bonds is 1. The number of anilines is 2. The molecule has 4 aromatic heterocycles. The number of thiophene rings is 3. The fraction of sp³-hybridized carbons (Fsp3) is 0.200. The van der Waals surface area contributed by atoms with Gasteiger partial charge in [0.05, 0.1) is 11.0 Å². The summed E-state index contributed by atoms with van der Waals surface area (Å²) in [6.45, 7) is 20.9. The van der Waals surface area contributed by atoms with Crippen molar-refractivity contribution in [2.24, 2.45) is 0 Å². The summed E-state index contributed by atoms with van der Waals surface area (Å²) in [6, 6.07) is 52.7. The average Bonchev–Trinajstić information content (AvgIpc) is 4.04. The molecule has 0 saturated carbocycles. The molecule has 0 N–H and O–H groups in total. The number of benzene rings is 8. The fourth-order valence-corrected chi connectivity index (χ4v) is 15.1. The molecule has 0 spiro atoms. The zero-order valence-corrected chi connectivity index (χ0v) is 41.3. The number of aromatic nitrogens is 1. The van der Waals surface area contributed by atoms with Gasteiger partial charge in [0.25, 0.3) is 0 Å². The van der Waals surface area contributed by atoms with E-state index >= 15 is 0 Å². The second-order valence-electron chi connectivity index (χ2n) is 22.1. The first-order valence-corrected chi connectivity index (χ1v) is 25.9. The number of nitrogens with zero attached hydrogens (tertiary/aromatic N) is 2. The zero-order chi connectivity index (χ0) is 44.9. The fourth-order valence-electron chi connectivity index (χ4n) is 11.6. The zero-order valence-electron chi connectivity index (χ0n) is 38.9. The quantitative estimate of drug-likeness (QED) is 0.149. The van der Waals surface area contributed by atoms with Crippen molar-refractivity contribution in [3.8, 4) is 16.8 Å². The highest BCUT2D eigenvalue weighted by atomic mass is 32.1. The van der Waals surface area contributed by atoms with Gasteiger partial charge >= 0.3 is 6.85 Å². The monoisotopic (exact) mass is 904 g/mol. The van der Waals surface area contributed by atoms with Crippen molar-refractivity contribution < 1.29 is 0 Å². The second-order valence-corrected chi connectivity index (χ2v) is 25.4. The van der Waals surface area contributed by atoms with E-state index in [1.54, 1.807) is 0 Å². The molecule has 66 heavy (non-hydrogen) atoms. The van der Waals surface area contributed by atoms with Crippen molar-refractivity contribution in [1.82, 2.24) is 4.57 Å². The first kappa shape index (κ1) is 39.3. The maximum atomic E-state index is 2.74. The summed E-state index contributed by atoms with van der Waals surface area (Å²) in [5.74, 6) is 0. The van der Waals surface area contributed by atoms with E-state index in [1.165, 1.54) is 138 Å². The van der Waals surface area contributed by atoms with Crippen molar-refractivity contribution in [3.63, 3.8) is 0 Å². The molecule has 0 unspecified atom stereocenters. The lowest BCUT2D eigenvalue weighted by Crippen LogP contribution is -2.60. The summed E-state index contributed by atoms with van der Waals surface area (Å²) in [4.78, 5) is 2.74. The largest absolute Gasteiger partial charge is 0.376 e. The van der Waals surface area contributed by atoms with E-state index < -0.39 is 0 Å². The lowest BCUT2D eigenvalue weighted by atomic mass is 9.43. The minimum Gasteiger partial charge on any atom is -0.376 e. The molecule has 0 saturated heterocycles. The highest BCUT2D eigenvalue weighted by Gasteiger charge is 2.46. The van der Waals surface area contributed by atoms with Crippen molar-refractivity contribution in [2.45, 2.75) is 78.6 Å². The molecular weight excluding hydrogens is 856 g/mol. The second kappa shape index (κ2) is 12.9. The molecule has 2 aliphatic rings. The Hall–Kier alpha value is -5.92. The van der Waals surface area contributed by atoms with E-state index in [-0.39, 0.29) is 23.1 Å². The van der Waals surface area contributed by atoms with Gasteiger partial charge in [-0.25, -0.2) is 0 Å². The van der Waals surface area contributed by atoms with Crippen LogP contribution in [-0.4, -0.2) is 11.4 Å². The maximum Gasteiger partial charge on any atom is 0.333 e. The highest BCUT2D eigenvalue weighted by molar-refractivity contribution is 7.27. The topological polar surface area (TPSA) is 8.17 Å². The molecule has 2 aliphatic heterocycles. The molecule has 6 heterocycles. The van der Waals surface area contributed by atoms with E-state index in [2.05, 4.69) is 205 Å². The third-order valence-electron chi connectivity index (χ3n) is 15.0. The van der Waals surface area contributed by atoms with Crippen LogP contribution >= 0.6 is 34.0 Å². The van der Waals surface area contributed by atoms with E-state index in [9.17, 15) is 0 Å². The smallest absolute Gasteiger partial charge is 0.333 e. The molecule has 320 valence electrons. The molecule has 0 radical (unpaired) electrons. The van der Waals surface area contributed by atoms with Gasteiger partial charge in [-0.15, -0.1) is 34.0 Å². The molecular formula is C60H49BN2S3. The van der Waals surface area contributed by atoms with E-state index in [0.29, 0.717) is 0 Å². The molecule has 8 aromatic carbocycles. The predicted octanol–water partition coefficient (Wildman–Crippen LogP) is 17.0. The van der Waals surface area contributed by atoms with E-state index in [1.807, 2.05) is 34.0 Å². The number of hydrogen-bond donors (Lipinski definition) is 0. The van der Waals surface area contributed by atoms with Crippen molar-refractivity contribution in [2.75, 3.05) is 4.81 Å². The Morgan fingerprint density at radius 2 is 1.02 bits per heavy atom. The van der Waals surface area contributed by atoms with Crippen LogP contribution in [0.1, 0.15) is 79.0 Å². The van der Waals surface area contributed by atoms with E-state index in [4.69, 9.17) is 0 Å². The molecule has 0 aliphatic carbocycles. The van der Waals surface area contributed by atoms with Crippen LogP contribution in [0.5, 0.6) is 0 Å². The minimum atomic E-state index is -0.0821. The molecule has 12 aromatic rings. The van der Waals surface area contributed by atoms with Gasteiger partial charge in [-0.05, 0) is 122 Å². The first-order valence-electron chi connectivity index (χ1n) is 23.4. The van der Waals surface area contributed by atoms with Crippen LogP contribution < -0.4 is 15.7 Å². The maximum absolute atomic E-state index is 2.74. The Morgan fingerprint density at radius 1 is 0.439 bits per heavy atom. The van der Waals surface area contributed by atoms with Crippen LogP contribution in [0.15, 0.2) is 133 Å². The molecule has 6 heteroatoms. The summed E-state index contributed by atoms with van der Waals surface area (Å²) in [7, 11) is 0. The first-order chi connectivity index (χ1) is 31.6. The van der Waals surface area contributed by atoms with Crippen molar-refractivity contribution in [1.29, 1.82) is 0 Å². The van der Waals surface area contributed by atoms with Gasteiger partial charge in [0.2, 0.25) is 0 Å². The number of fused-ring (bicyclic) bond motifs is 19. The van der Waals surface area contributed by atoms with E-state index in [0.717, 1.165) is 0 Å². The lowest BCUT2D eigenvalue weighted by molar-refractivity contribution is 0.590. The van der Waals surface area contributed by atoms with Crippen LogP contribution in [0.4, 0.5) is 11.4 Å². The van der Waals surface area contributed by atoms with Gasteiger partial charge in [0.15, 0.2) is 0 Å². The molecule has 14 rings (SSSR count). The van der Waals surface area contributed by atoms with Crippen LogP contribution in [0.25, 0.3) is 99.1 Å². The summed E-state index contributed by atoms with van der Waals surface area (Å²) in [6.07, 6.45) is 0. The summed E-state index contributed by atoms with van der Waals surface area (Å²) in [5.41, 5.74) is 16.1. The lowest BCUT2D eigenvalue weighted by Gasteiger charge is -2.42. The Labute approximate surface area is 397 Å².